The molecule has 1 aromatic rings. The van der Waals surface area contributed by atoms with Crippen LogP contribution in [0.4, 0.5) is 0 Å². The molecule has 1 saturated heterocycles. The van der Waals surface area contributed by atoms with E-state index in [1.165, 1.54) is 7.11 Å². The molecule has 3 N–H and O–H groups in total. The average molecular weight is 271 g/mol. The van der Waals surface area contributed by atoms with Gasteiger partial charge in [0.1, 0.15) is 0 Å². The number of halogens is 1. The Hall–Kier alpha value is -0.970. The molecule has 1 aliphatic rings. The summed E-state index contributed by atoms with van der Waals surface area (Å²) in [6.07, 6.45) is 0.910. The molecule has 1 aliphatic heterocycles. The van der Waals surface area contributed by atoms with Crippen LogP contribution < -0.4 is 10.5 Å². The fourth-order valence-corrected chi connectivity index (χ4v) is 2.94. The minimum absolute atomic E-state index is 0.0983. The lowest BCUT2D eigenvalue weighted by Gasteiger charge is -2.22. The molecule has 1 heterocycles. The lowest BCUT2D eigenvalue weighted by molar-refractivity contribution is 0.300. The van der Waals surface area contributed by atoms with Gasteiger partial charge in [-0.25, -0.2) is 0 Å². The van der Waals surface area contributed by atoms with E-state index in [0.717, 1.165) is 18.5 Å². The Morgan fingerprint density at radius 2 is 2.28 bits per heavy atom. The first-order valence-corrected chi connectivity index (χ1v) is 6.42. The van der Waals surface area contributed by atoms with E-state index in [9.17, 15) is 5.11 Å². The van der Waals surface area contributed by atoms with E-state index in [-0.39, 0.29) is 11.8 Å². The van der Waals surface area contributed by atoms with E-state index in [2.05, 4.69) is 4.90 Å². The van der Waals surface area contributed by atoms with Crippen molar-refractivity contribution < 1.29 is 9.84 Å². The molecular formula is C13H19ClN2O2. The smallest absolute Gasteiger partial charge is 0.164 e. The molecule has 0 radical (unpaired) electrons. The van der Waals surface area contributed by atoms with Gasteiger partial charge in [0, 0.05) is 23.2 Å². The van der Waals surface area contributed by atoms with E-state index in [0.29, 0.717) is 23.2 Å². The maximum atomic E-state index is 10.2. The van der Waals surface area contributed by atoms with Crippen LogP contribution in [0.2, 0.25) is 5.02 Å². The van der Waals surface area contributed by atoms with Crippen LogP contribution in [-0.2, 0) is 0 Å². The molecule has 100 valence electrons. The summed E-state index contributed by atoms with van der Waals surface area (Å²) in [4.78, 5) is 2.18. The van der Waals surface area contributed by atoms with E-state index < -0.39 is 0 Å². The molecule has 18 heavy (non-hydrogen) atoms. The number of phenols is 1. The second kappa shape index (κ2) is 5.34. The summed E-state index contributed by atoms with van der Waals surface area (Å²) in [7, 11) is 3.56. The van der Waals surface area contributed by atoms with Crippen molar-refractivity contribution in [2.45, 2.75) is 12.5 Å². The maximum absolute atomic E-state index is 10.2. The number of nitrogens with two attached hydrogens (primary N) is 1. The zero-order valence-electron chi connectivity index (χ0n) is 10.7. The van der Waals surface area contributed by atoms with Crippen molar-refractivity contribution in [3.63, 3.8) is 0 Å². The highest BCUT2D eigenvalue weighted by Crippen LogP contribution is 2.45. The van der Waals surface area contributed by atoms with Crippen LogP contribution >= 0.6 is 11.6 Å². The molecule has 2 rings (SSSR count). The van der Waals surface area contributed by atoms with Crippen molar-refractivity contribution in [1.29, 1.82) is 0 Å². The van der Waals surface area contributed by atoms with Gasteiger partial charge in [0.2, 0.25) is 0 Å². The molecule has 0 bridgehead atoms. The molecular weight excluding hydrogens is 252 g/mol. The number of nitrogens with zero attached hydrogens (tertiary/aromatic N) is 1. The van der Waals surface area contributed by atoms with E-state index >= 15 is 0 Å². The normalized spacial score (nSPS) is 24.4. The number of aromatic hydroxyl groups is 1. The SMILES string of the molecule is COc1ccc(Cl)c(C2CC(CN)CN2C)c1O. The third-order valence-corrected chi connectivity index (χ3v) is 3.98. The lowest BCUT2D eigenvalue weighted by atomic mass is 9.98. The second-order valence-electron chi connectivity index (χ2n) is 4.80. The summed E-state index contributed by atoms with van der Waals surface area (Å²) in [6, 6.07) is 3.54. The first-order valence-electron chi connectivity index (χ1n) is 6.04. The zero-order chi connectivity index (χ0) is 13.3. The fraction of sp³-hybridized carbons (Fsp3) is 0.538. The van der Waals surface area contributed by atoms with Gasteiger partial charge in [-0.3, -0.25) is 4.90 Å². The van der Waals surface area contributed by atoms with Gasteiger partial charge in [-0.2, -0.15) is 0 Å². The van der Waals surface area contributed by atoms with Crippen molar-refractivity contribution in [2.75, 3.05) is 27.2 Å². The number of ether oxygens (including phenoxy) is 1. The Morgan fingerprint density at radius 1 is 1.56 bits per heavy atom. The molecule has 1 fully saturated rings. The minimum atomic E-state index is 0.0983. The van der Waals surface area contributed by atoms with Gasteiger partial charge in [0.05, 0.1) is 7.11 Å². The van der Waals surface area contributed by atoms with Crippen molar-refractivity contribution in [2.24, 2.45) is 11.7 Å². The third kappa shape index (κ3) is 2.28. The standard InChI is InChI=1S/C13H19ClN2O2/c1-16-7-8(6-15)5-10(16)12-9(14)3-4-11(18-2)13(12)17/h3-4,8,10,17H,5-7,15H2,1-2H3. The van der Waals surface area contributed by atoms with E-state index in [1.54, 1.807) is 12.1 Å². The molecule has 0 aromatic heterocycles. The van der Waals surface area contributed by atoms with Crippen LogP contribution in [0, 0.1) is 5.92 Å². The molecule has 2 unspecified atom stereocenters. The Bertz CT molecular complexity index is 439. The van der Waals surface area contributed by atoms with Crippen LogP contribution in [-0.4, -0.2) is 37.3 Å². The van der Waals surface area contributed by atoms with Crippen LogP contribution in [0.5, 0.6) is 11.5 Å². The van der Waals surface area contributed by atoms with Crippen LogP contribution in [0.15, 0.2) is 12.1 Å². The highest BCUT2D eigenvalue weighted by atomic mass is 35.5. The van der Waals surface area contributed by atoms with Crippen LogP contribution in [0.3, 0.4) is 0 Å². The number of hydrogen-bond donors (Lipinski definition) is 2. The Morgan fingerprint density at radius 3 is 2.83 bits per heavy atom. The number of benzene rings is 1. The van der Waals surface area contributed by atoms with Crippen LogP contribution in [0.25, 0.3) is 0 Å². The number of methoxy groups -OCH3 is 1. The van der Waals surface area contributed by atoms with E-state index in [1.807, 2.05) is 7.05 Å². The van der Waals surface area contributed by atoms with Crippen molar-refractivity contribution in [3.05, 3.63) is 22.7 Å². The second-order valence-corrected chi connectivity index (χ2v) is 5.21. The number of phenolic OH excluding ortho intramolecular Hbond substituents is 1. The molecule has 0 amide bonds. The largest absolute Gasteiger partial charge is 0.504 e. The van der Waals surface area contributed by atoms with Gasteiger partial charge in [0.25, 0.3) is 0 Å². The molecule has 0 spiro atoms. The van der Waals surface area contributed by atoms with Gasteiger partial charge in [0.15, 0.2) is 11.5 Å². The number of likely N-dealkylation sites (tertiary alicyclic amines) is 1. The van der Waals surface area contributed by atoms with Crippen molar-refractivity contribution >= 4 is 11.6 Å². The first-order chi connectivity index (χ1) is 8.58. The van der Waals surface area contributed by atoms with Gasteiger partial charge >= 0.3 is 0 Å². The first kappa shape index (κ1) is 13.5. The lowest BCUT2D eigenvalue weighted by Crippen LogP contribution is -2.20. The maximum Gasteiger partial charge on any atom is 0.164 e. The number of hydrogen-bond acceptors (Lipinski definition) is 4. The summed E-state index contributed by atoms with van der Waals surface area (Å²) in [6.45, 7) is 1.58. The summed E-state index contributed by atoms with van der Waals surface area (Å²) < 4.78 is 5.14. The van der Waals surface area contributed by atoms with Crippen LogP contribution in [0.1, 0.15) is 18.0 Å². The van der Waals surface area contributed by atoms with E-state index in [4.69, 9.17) is 22.1 Å². The fourth-order valence-electron chi connectivity index (χ4n) is 2.66. The average Bonchev–Trinajstić information content (AvgIpc) is 2.71. The Kier molecular flexibility index (Phi) is 4.00. The predicted octanol–water partition coefficient (Wildman–Crippen LogP) is 2.01. The quantitative estimate of drug-likeness (QED) is 0.882. The topological polar surface area (TPSA) is 58.7 Å². The van der Waals surface area contributed by atoms with Gasteiger partial charge < -0.3 is 15.6 Å². The molecule has 1 aromatic carbocycles. The minimum Gasteiger partial charge on any atom is -0.504 e. The summed E-state index contributed by atoms with van der Waals surface area (Å²) in [5, 5.41) is 10.8. The predicted molar refractivity (Wildman–Crippen MR) is 72.2 cm³/mol. The summed E-state index contributed by atoms with van der Waals surface area (Å²) in [5.74, 6) is 1.04. The monoisotopic (exact) mass is 270 g/mol. The van der Waals surface area contributed by atoms with Crippen molar-refractivity contribution in [3.8, 4) is 11.5 Å². The summed E-state index contributed by atoms with van der Waals surface area (Å²) in [5.41, 5.74) is 6.47. The molecule has 2 atom stereocenters. The highest BCUT2D eigenvalue weighted by molar-refractivity contribution is 6.31. The molecule has 5 heteroatoms. The molecule has 0 aliphatic carbocycles. The van der Waals surface area contributed by atoms with Crippen molar-refractivity contribution in [1.82, 2.24) is 4.90 Å². The third-order valence-electron chi connectivity index (χ3n) is 3.65. The molecule has 4 nitrogen and oxygen atoms in total. The Labute approximate surface area is 112 Å². The van der Waals surface area contributed by atoms with Gasteiger partial charge in [-0.05, 0) is 38.1 Å². The van der Waals surface area contributed by atoms with Gasteiger partial charge in [-0.1, -0.05) is 11.6 Å². The number of rotatable bonds is 3. The molecule has 0 saturated carbocycles. The Balaban J connectivity index is 2.38. The highest BCUT2D eigenvalue weighted by Gasteiger charge is 2.33. The summed E-state index contributed by atoms with van der Waals surface area (Å²) >= 11 is 6.22. The van der Waals surface area contributed by atoms with Gasteiger partial charge in [-0.15, -0.1) is 0 Å². The zero-order valence-corrected chi connectivity index (χ0v) is 11.4.